The van der Waals surface area contributed by atoms with Crippen LogP contribution in [-0.2, 0) is 4.79 Å². The van der Waals surface area contributed by atoms with E-state index in [9.17, 15) is 13.6 Å². The quantitative estimate of drug-likeness (QED) is 0.848. The van der Waals surface area contributed by atoms with Crippen molar-refractivity contribution in [2.24, 2.45) is 5.92 Å². The third kappa shape index (κ3) is 3.76. The lowest BCUT2D eigenvalue weighted by atomic mass is 9.95. The number of benzene rings is 1. The summed E-state index contributed by atoms with van der Waals surface area (Å²) in [6.07, 6.45) is 1.84. The predicted molar refractivity (Wildman–Crippen MR) is 96.4 cm³/mol. The molecule has 0 aliphatic carbocycles. The number of fused-ring (bicyclic) bond motifs is 1. The van der Waals surface area contributed by atoms with Crippen LogP contribution in [0.3, 0.4) is 0 Å². The molecule has 2 N–H and O–H groups in total. The SMILES string of the molecule is Cl.O=C(Nc1nc2c(F)cc(F)cc2s1)C1CCCN(C2CNC2)C1. The van der Waals surface area contributed by atoms with E-state index in [2.05, 4.69) is 20.5 Å². The van der Waals surface area contributed by atoms with Crippen LogP contribution in [-0.4, -0.2) is 48.0 Å². The van der Waals surface area contributed by atoms with Gasteiger partial charge < -0.3 is 10.6 Å². The van der Waals surface area contributed by atoms with Crippen molar-refractivity contribution in [2.75, 3.05) is 31.5 Å². The van der Waals surface area contributed by atoms with Gasteiger partial charge in [-0.3, -0.25) is 9.69 Å². The smallest absolute Gasteiger partial charge is 0.230 e. The molecule has 136 valence electrons. The third-order valence-corrected chi connectivity index (χ3v) is 5.66. The molecule has 5 nitrogen and oxygen atoms in total. The number of carbonyl (C=O) groups is 1. The van der Waals surface area contributed by atoms with Crippen molar-refractivity contribution in [3.63, 3.8) is 0 Å². The minimum atomic E-state index is -0.705. The molecule has 0 bridgehead atoms. The van der Waals surface area contributed by atoms with Gasteiger partial charge in [0.05, 0.1) is 10.6 Å². The number of amides is 1. The number of nitrogens with one attached hydrogen (secondary N) is 2. The van der Waals surface area contributed by atoms with Crippen molar-refractivity contribution >= 4 is 45.0 Å². The van der Waals surface area contributed by atoms with Crippen molar-refractivity contribution in [1.29, 1.82) is 0 Å². The first kappa shape index (κ1) is 18.4. The minimum absolute atomic E-state index is 0. The summed E-state index contributed by atoms with van der Waals surface area (Å²) in [7, 11) is 0. The van der Waals surface area contributed by atoms with Gasteiger partial charge in [0, 0.05) is 31.7 Å². The van der Waals surface area contributed by atoms with E-state index in [1.165, 1.54) is 6.07 Å². The second-order valence-corrected chi connectivity index (χ2v) is 7.42. The van der Waals surface area contributed by atoms with Gasteiger partial charge in [-0.15, -0.1) is 12.4 Å². The van der Waals surface area contributed by atoms with Gasteiger partial charge in [-0.2, -0.15) is 0 Å². The molecule has 9 heteroatoms. The van der Waals surface area contributed by atoms with Crippen molar-refractivity contribution < 1.29 is 13.6 Å². The number of anilines is 1. The fraction of sp³-hybridized carbons (Fsp3) is 0.500. The van der Waals surface area contributed by atoms with E-state index in [0.29, 0.717) is 15.9 Å². The van der Waals surface area contributed by atoms with E-state index in [0.717, 1.165) is 56.4 Å². The van der Waals surface area contributed by atoms with Gasteiger partial charge in [0.2, 0.25) is 5.91 Å². The van der Waals surface area contributed by atoms with Crippen LogP contribution in [0.25, 0.3) is 10.2 Å². The first-order chi connectivity index (χ1) is 11.6. The largest absolute Gasteiger partial charge is 0.314 e. The Balaban J connectivity index is 0.00000182. The average Bonchev–Trinajstić information content (AvgIpc) is 2.88. The van der Waals surface area contributed by atoms with Crippen LogP contribution in [0.1, 0.15) is 12.8 Å². The number of halogens is 3. The Morgan fingerprint density at radius 2 is 2.16 bits per heavy atom. The molecule has 0 radical (unpaired) electrons. The Hall–Kier alpha value is -1.35. The lowest BCUT2D eigenvalue weighted by molar-refractivity contribution is -0.122. The molecule has 1 aromatic heterocycles. The number of carbonyl (C=O) groups excluding carboxylic acids is 1. The molecule has 2 aliphatic rings. The molecule has 25 heavy (non-hydrogen) atoms. The lowest BCUT2D eigenvalue weighted by Gasteiger charge is -2.42. The zero-order valence-electron chi connectivity index (χ0n) is 13.4. The number of likely N-dealkylation sites (tertiary alicyclic amines) is 1. The molecular weight excluding hydrogens is 370 g/mol. The Morgan fingerprint density at radius 3 is 2.88 bits per heavy atom. The number of piperidine rings is 1. The number of hydrogen-bond donors (Lipinski definition) is 2. The Morgan fingerprint density at radius 1 is 1.36 bits per heavy atom. The summed E-state index contributed by atoms with van der Waals surface area (Å²) in [6.45, 7) is 3.74. The van der Waals surface area contributed by atoms with E-state index in [4.69, 9.17) is 0 Å². The number of hydrogen-bond acceptors (Lipinski definition) is 5. The monoisotopic (exact) mass is 388 g/mol. The Labute approximate surface area is 154 Å². The summed E-state index contributed by atoms with van der Waals surface area (Å²) in [5.41, 5.74) is 0.0995. The number of thiazole rings is 1. The average molecular weight is 389 g/mol. The van der Waals surface area contributed by atoms with Crippen LogP contribution in [0.15, 0.2) is 12.1 Å². The van der Waals surface area contributed by atoms with Crippen molar-refractivity contribution in [3.8, 4) is 0 Å². The van der Waals surface area contributed by atoms with E-state index in [-0.39, 0.29) is 29.7 Å². The van der Waals surface area contributed by atoms with Crippen LogP contribution >= 0.6 is 23.7 Å². The van der Waals surface area contributed by atoms with Crippen LogP contribution < -0.4 is 10.6 Å². The Kier molecular flexibility index (Phi) is 5.52. The molecule has 1 aromatic carbocycles. The first-order valence-corrected chi connectivity index (χ1v) is 8.93. The summed E-state index contributed by atoms with van der Waals surface area (Å²) in [5.74, 6) is -1.53. The topological polar surface area (TPSA) is 57.3 Å². The molecule has 0 saturated carbocycles. The van der Waals surface area contributed by atoms with Gasteiger partial charge in [-0.1, -0.05) is 11.3 Å². The van der Waals surface area contributed by atoms with E-state index in [1.54, 1.807) is 0 Å². The number of rotatable bonds is 3. The standard InChI is InChI=1S/C16H18F2N4OS.ClH/c17-10-4-12(18)14-13(5-10)24-16(20-14)21-15(23)9-2-1-3-22(8-9)11-6-19-7-11;/h4-5,9,11,19H,1-3,6-8H2,(H,20,21,23);1H. The molecule has 2 aromatic rings. The second-order valence-electron chi connectivity index (χ2n) is 6.39. The molecule has 0 spiro atoms. The minimum Gasteiger partial charge on any atom is -0.314 e. The highest BCUT2D eigenvalue weighted by atomic mass is 35.5. The van der Waals surface area contributed by atoms with Gasteiger partial charge in [0.15, 0.2) is 10.9 Å². The molecule has 1 atom stereocenters. The number of aromatic nitrogens is 1. The summed E-state index contributed by atoms with van der Waals surface area (Å²) in [6, 6.07) is 2.57. The summed E-state index contributed by atoms with van der Waals surface area (Å²) >= 11 is 1.09. The molecule has 4 rings (SSSR count). The van der Waals surface area contributed by atoms with Crippen molar-refractivity contribution in [2.45, 2.75) is 18.9 Å². The summed E-state index contributed by atoms with van der Waals surface area (Å²) in [5, 5.41) is 6.35. The van der Waals surface area contributed by atoms with Crippen LogP contribution in [0.5, 0.6) is 0 Å². The zero-order chi connectivity index (χ0) is 16.7. The highest BCUT2D eigenvalue weighted by Gasteiger charge is 2.32. The third-order valence-electron chi connectivity index (χ3n) is 4.74. The maximum Gasteiger partial charge on any atom is 0.230 e. The second kappa shape index (κ2) is 7.49. The summed E-state index contributed by atoms with van der Waals surface area (Å²) < 4.78 is 27.4. The van der Waals surface area contributed by atoms with Crippen LogP contribution in [0, 0.1) is 17.6 Å². The molecule has 2 saturated heterocycles. The molecule has 2 aliphatic heterocycles. The molecule has 1 amide bonds. The normalized spacial score (nSPS) is 21.6. The Bertz CT molecular complexity index is 783. The van der Waals surface area contributed by atoms with Crippen LogP contribution in [0.2, 0.25) is 0 Å². The molecule has 2 fully saturated rings. The maximum absolute atomic E-state index is 13.7. The molecular formula is C16H19ClF2N4OS. The first-order valence-electron chi connectivity index (χ1n) is 8.11. The van der Waals surface area contributed by atoms with Crippen LogP contribution in [0.4, 0.5) is 13.9 Å². The van der Waals surface area contributed by atoms with Crippen molar-refractivity contribution in [1.82, 2.24) is 15.2 Å². The van der Waals surface area contributed by atoms with Gasteiger partial charge in [0.1, 0.15) is 11.3 Å². The maximum atomic E-state index is 13.7. The van der Waals surface area contributed by atoms with Gasteiger partial charge in [-0.25, -0.2) is 13.8 Å². The molecule has 1 unspecified atom stereocenters. The fourth-order valence-electron chi connectivity index (χ4n) is 3.30. The number of nitrogens with zero attached hydrogens (tertiary/aromatic N) is 2. The predicted octanol–water partition coefficient (Wildman–Crippen LogP) is 2.62. The highest BCUT2D eigenvalue weighted by Crippen LogP contribution is 2.29. The zero-order valence-corrected chi connectivity index (χ0v) is 15.1. The van der Waals surface area contributed by atoms with E-state index >= 15 is 0 Å². The van der Waals surface area contributed by atoms with Crippen molar-refractivity contribution in [3.05, 3.63) is 23.8 Å². The van der Waals surface area contributed by atoms with Gasteiger partial charge in [0.25, 0.3) is 0 Å². The fourth-order valence-corrected chi connectivity index (χ4v) is 4.21. The van der Waals surface area contributed by atoms with E-state index in [1.807, 2.05) is 0 Å². The highest BCUT2D eigenvalue weighted by molar-refractivity contribution is 7.22. The summed E-state index contributed by atoms with van der Waals surface area (Å²) in [4.78, 5) is 19.0. The van der Waals surface area contributed by atoms with Gasteiger partial charge >= 0.3 is 0 Å². The lowest BCUT2D eigenvalue weighted by Crippen LogP contribution is -2.59. The molecule has 3 heterocycles. The van der Waals surface area contributed by atoms with E-state index < -0.39 is 11.6 Å². The van der Waals surface area contributed by atoms with Gasteiger partial charge in [-0.05, 0) is 25.5 Å².